The molecule has 1 spiro atoms. The standard InChI is InChI=1S/C19H16Cl2N2O3S/c20-12-5-6-14(21)16(11-12)27-10-8-23-17(24)19(22-18(23)25)7-9-26-15-4-2-1-3-13(15)19/h1-6,11H,7-10H2,(H,22,25)/t19-/m0/s1. The van der Waals surface area contributed by atoms with Crippen LogP contribution in [0.5, 0.6) is 5.75 Å². The van der Waals surface area contributed by atoms with E-state index in [1.807, 2.05) is 24.3 Å². The number of halogens is 2. The second-order valence-corrected chi connectivity index (χ2v) is 8.29. The Balaban J connectivity index is 1.50. The summed E-state index contributed by atoms with van der Waals surface area (Å²) in [5.74, 6) is 0.924. The Kier molecular flexibility index (Phi) is 4.97. The SMILES string of the molecule is O=C1N[C@]2(CCOc3ccccc32)C(=O)N1CCSc1cc(Cl)ccc1Cl. The molecule has 1 saturated heterocycles. The minimum Gasteiger partial charge on any atom is -0.493 e. The molecule has 0 aliphatic carbocycles. The summed E-state index contributed by atoms with van der Waals surface area (Å²) in [6.07, 6.45) is 0.415. The maximum absolute atomic E-state index is 13.1. The van der Waals surface area contributed by atoms with Crippen molar-refractivity contribution in [2.75, 3.05) is 18.9 Å². The maximum Gasteiger partial charge on any atom is 0.325 e. The number of urea groups is 1. The van der Waals surface area contributed by atoms with E-state index in [0.29, 0.717) is 40.1 Å². The lowest BCUT2D eigenvalue weighted by molar-refractivity contribution is -0.132. The van der Waals surface area contributed by atoms with Crippen molar-refractivity contribution in [3.63, 3.8) is 0 Å². The molecule has 1 fully saturated rings. The molecule has 0 saturated carbocycles. The van der Waals surface area contributed by atoms with Crippen molar-refractivity contribution in [2.24, 2.45) is 0 Å². The van der Waals surface area contributed by atoms with E-state index < -0.39 is 5.54 Å². The summed E-state index contributed by atoms with van der Waals surface area (Å²) in [4.78, 5) is 27.8. The van der Waals surface area contributed by atoms with Crippen molar-refractivity contribution < 1.29 is 14.3 Å². The number of para-hydroxylation sites is 1. The van der Waals surface area contributed by atoms with E-state index in [4.69, 9.17) is 27.9 Å². The van der Waals surface area contributed by atoms with E-state index in [-0.39, 0.29) is 18.5 Å². The second kappa shape index (κ2) is 7.26. The molecule has 0 unspecified atom stereocenters. The molecular weight excluding hydrogens is 407 g/mol. The maximum atomic E-state index is 13.1. The van der Waals surface area contributed by atoms with Gasteiger partial charge in [0.2, 0.25) is 0 Å². The van der Waals surface area contributed by atoms with Crippen molar-refractivity contribution in [1.29, 1.82) is 0 Å². The van der Waals surface area contributed by atoms with Crippen LogP contribution < -0.4 is 10.1 Å². The number of thioether (sulfide) groups is 1. The predicted molar refractivity (Wildman–Crippen MR) is 106 cm³/mol. The topological polar surface area (TPSA) is 58.6 Å². The monoisotopic (exact) mass is 422 g/mol. The Hall–Kier alpha value is -1.89. The second-order valence-electron chi connectivity index (χ2n) is 6.31. The van der Waals surface area contributed by atoms with Crippen LogP contribution >= 0.6 is 35.0 Å². The predicted octanol–water partition coefficient (Wildman–Crippen LogP) is 4.32. The van der Waals surface area contributed by atoms with Gasteiger partial charge in [0.25, 0.3) is 5.91 Å². The summed E-state index contributed by atoms with van der Waals surface area (Å²) in [6.45, 7) is 0.659. The molecule has 2 heterocycles. The molecular formula is C19H16Cl2N2O3S. The van der Waals surface area contributed by atoms with Gasteiger partial charge < -0.3 is 10.1 Å². The highest BCUT2D eigenvalue weighted by atomic mass is 35.5. The number of hydrogen-bond acceptors (Lipinski definition) is 4. The number of rotatable bonds is 4. The quantitative estimate of drug-likeness (QED) is 0.588. The fourth-order valence-corrected chi connectivity index (χ4v) is 4.84. The van der Waals surface area contributed by atoms with Crippen LogP contribution in [0.1, 0.15) is 12.0 Å². The van der Waals surface area contributed by atoms with Crippen molar-refractivity contribution in [3.05, 3.63) is 58.1 Å². The van der Waals surface area contributed by atoms with Gasteiger partial charge >= 0.3 is 6.03 Å². The molecule has 0 aromatic heterocycles. The van der Waals surface area contributed by atoms with Gasteiger partial charge in [-0.05, 0) is 24.3 Å². The largest absolute Gasteiger partial charge is 0.493 e. The number of carbonyl (C=O) groups excluding carboxylic acids is 2. The lowest BCUT2D eigenvalue weighted by atomic mass is 9.84. The summed E-state index contributed by atoms with van der Waals surface area (Å²) >= 11 is 13.6. The highest BCUT2D eigenvalue weighted by molar-refractivity contribution is 7.99. The van der Waals surface area contributed by atoms with Crippen LogP contribution in [0.3, 0.4) is 0 Å². The molecule has 1 N–H and O–H groups in total. The van der Waals surface area contributed by atoms with Crippen molar-refractivity contribution in [3.8, 4) is 5.75 Å². The Morgan fingerprint density at radius 1 is 1.19 bits per heavy atom. The zero-order valence-corrected chi connectivity index (χ0v) is 16.5. The number of benzene rings is 2. The van der Waals surface area contributed by atoms with Crippen LogP contribution in [-0.4, -0.2) is 35.7 Å². The first-order valence-corrected chi connectivity index (χ1v) is 10.2. The van der Waals surface area contributed by atoms with Gasteiger partial charge in [-0.2, -0.15) is 0 Å². The Labute approximate surface area is 171 Å². The van der Waals surface area contributed by atoms with Crippen LogP contribution in [-0.2, 0) is 10.3 Å². The van der Waals surface area contributed by atoms with Gasteiger partial charge in [-0.1, -0.05) is 41.4 Å². The van der Waals surface area contributed by atoms with Gasteiger partial charge in [0, 0.05) is 34.2 Å². The average molecular weight is 423 g/mol. The summed E-state index contributed by atoms with van der Waals surface area (Å²) < 4.78 is 5.64. The molecule has 2 aliphatic heterocycles. The molecule has 2 aromatic carbocycles. The normalized spacial score (nSPS) is 21.2. The zero-order chi connectivity index (χ0) is 19.0. The summed E-state index contributed by atoms with van der Waals surface area (Å²) in [5.41, 5.74) is -0.327. The van der Waals surface area contributed by atoms with Gasteiger partial charge in [0.15, 0.2) is 5.54 Å². The van der Waals surface area contributed by atoms with E-state index >= 15 is 0 Å². The van der Waals surface area contributed by atoms with Crippen molar-refractivity contribution >= 4 is 46.9 Å². The van der Waals surface area contributed by atoms with Crippen LogP contribution in [0, 0.1) is 0 Å². The first-order valence-electron chi connectivity index (χ1n) is 8.45. The smallest absolute Gasteiger partial charge is 0.325 e. The van der Waals surface area contributed by atoms with Crippen LogP contribution in [0.15, 0.2) is 47.4 Å². The van der Waals surface area contributed by atoms with Gasteiger partial charge in [-0.25, -0.2) is 4.79 Å². The summed E-state index contributed by atoms with van der Waals surface area (Å²) in [5, 5.41) is 4.08. The van der Waals surface area contributed by atoms with Gasteiger partial charge in [-0.15, -0.1) is 11.8 Å². The fraction of sp³-hybridized carbons (Fsp3) is 0.263. The third kappa shape index (κ3) is 3.26. The number of nitrogens with zero attached hydrogens (tertiary/aromatic N) is 1. The van der Waals surface area contributed by atoms with Crippen LogP contribution in [0.2, 0.25) is 10.0 Å². The highest BCUT2D eigenvalue weighted by Gasteiger charge is 2.54. The molecule has 0 bridgehead atoms. The molecule has 2 aliphatic rings. The number of amides is 3. The number of fused-ring (bicyclic) bond motifs is 2. The van der Waals surface area contributed by atoms with E-state index in [1.165, 1.54) is 16.7 Å². The van der Waals surface area contributed by atoms with Crippen molar-refractivity contribution in [1.82, 2.24) is 10.2 Å². The molecule has 140 valence electrons. The van der Waals surface area contributed by atoms with Crippen molar-refractivity contribution in [2.45, 2.75) is 16.9 Å². The summed E-state index contributed by atoms with van der Waals surface area (Å²) in [7, 11) is 0. The van der Waals surface area contributed by atoms with Crippen LogP contribution in [0.25, 0.3) is 0 Å². The first kappa shape index (κ1) is 18.5. The van der Waals surface area contributed by atoms with E-state index in [0.717, 1.165) is 4.90 Å². The average Bonchev–Trinajstić information content (AvgIpc) is 2.89. The Morgan fingerprint density at radius 2 is 2.00 bits per heavy atom. The molecule has 4 rings (SSSR count). The number of carbonyl (C=O) groups is 2. The van der Waals surface area contributed by atoms with E-state index in [9.17, 15) is 9.59 Å². The van der Waals surface area contributed by atoms with Gasteiger partial charge in [0.05, 0.1) is 11.6 Å². The minimum atomic E-state index is -1.04. The van der Waals surface area contributed by atoms with Gasteiger partial charge in [0.1, 0.15) is 5.75 Å². The lowest BCUT2D eigenvalue weighted by Crippen LogP contribution is -2.47. The summed E-state index contributed by atoms with van der Waals surface area (Å²) in [6, 6.07) is 12.2. The fourth-order valence-electron chi connectivity index (χ4n) is 3.41. The highest BCUT2D eigenvalue weighted by Crippen LogP contribution is 2.41. The number of nitrogens with one attached hydrogen (secondary N) is 1. The van der Waals surface area contributed by atoms with Crippen LogP contribution in [0.4, 0.5) is 4.79 Å². The van der Waals surface area contributed by atoms with E-state index in [2.05, 4.69) is 5.32 Å². The number of imide groups is 1. The molecule has 3 amide bonds. The third-order valence-electron chi connectivity index (χ3n) is 4.72. The Morgan fingerprint density at radius 3 is 2.85 bits per heavy atom. The minimum absolute atomic E-state index is 0.235. The molecule has 1 atom stereocenters. The third-order valence-corrected chi connectivity index (χ3v) is 6.44. The molecule has 2 aromatic rings. The van der Waals surface area contributed by atoms with E-state index in [1.54, 1.807) is 18.2 Å². The molecule has 5 nitrogen and oxygen atoms in total. The zero-order valence-electron chi connectivity index (χ0n) is 14.2. The molecule has 8 heteroatoms. The lowest BCUT2D eigenvalue weighted by Gasteiger charge is -2.33. The molecule has 27 heavy (non-hydrogen) atoms. The first-order chi connectivity index (χ1) is 13.0. The number of hydrogen-bond donors (Lipinski definition) is 1. The Bertz CT molecular complexity index is 924. The van der Waals surface area contributed by atoms with Gasteiger partial charge in [-0.3, -0.25) is 9.69 Å². The number of ether oxygens (including phenoxy) is 1. The molecule has 0 radical (unpaired) electrons.